The monoisotopic (exact) mass is 453 g/mol. The summed E-state index contributed by atoms with van der Waals surface area (Å²) in [6, 6.07) is 3.28. The summed E-state index contributed by atoms with van der Waals surface area (Å²) in [7, 11) is 0. The fourth-order valence-electron chi connectivity index (χ4n) is 3.15. The van der Waals surface area contributed by atoms with Crippen LogP contribution in [0.5, 0.6) is 11.8 Å². The molecule has 1 N–H and O–H groups in total. The van der Waals surface area contributed by atoms with Gasteiger partial charge in [-0.05, 0) is 43.5 Å². The smallest absolute Gasteiger partial charge is 0.392 e. The van der Waals surface area contributed by atoms with E-state index in [1.54, 1.807) is 26.0 Å². The topological polar surface area (TPSA) is 108 Å². The fourth-order valence-corrected chi connectivity index (χ4v) is 3.15. The predicted molar refractivity (Wildman–Crippen MR) is 108 cm³/mol. The van der Waals surface area contributed by atoms with Crippen LogP contribution in [0.25, 0.3) is 22.7 Å². The van der Waals surface area contributed by atoms with Gasteiger partial charge < -0.3 is 19.0 Å². The first-order chi connectivity index (χ1) is 15.1. The molecule has 0 spiro atoms. The molecule has 0 aliphatic carbocycles. The average Bonchev–Trinajstić information content (AvgIpc) is 3.11. The summed E-state index contributed by atoms with van der Waals surface area (Å²) < 4.78 is 53.4. The van der Waals surface area contributed by atoms with E-state index in [4.69, 9.17) is 19.0 Å². The quantitative estimate of drug-likeness (QED) is 0.499. The summed E-state index contributed by atoms with van der Waals surface area (Å²) in [5.41, 5.74) is 3.04. The van der Waals surface area contributed by atoms with Gasteiger partial charge in [0.1, 0.15) is 12.4 Å². The van der Waals surface area contributed by atoms with Crippen molar-refractivity contribution in [2.24, 2.45) is 0 Å². The van der Waals surface area contributed by atoms with Crippen molar-refractivity contribution in [2.45, 2.75) is 46.2 Å². The van der Waals surface area contributed by atoms with E-state index < -0.39 is 31.8 Å². The molecule has 3 rings (SSSR count). The Bertz CT molecular complexity index is 1100. The van der Waals surface area contributed by atoms with Gasteiger partial charge in [-0.15, -0.1) is 0 Å². The van der Waals surface area contributed by atoms with Crippen LogP contribution in [0, 0.1) is 13.8 Å². The zero-order chi connectivity index (χ0) is 23.5. The number of hydrogen-bond acceptors (Lipinski definition) is 7. The molecule has 0 radical (unpaired) electrons. The van der Waals surface area contributed by atoms with E-state index >= 15 is 0 Å². The third-order valence-electron chi connectivity index (χ3n) is 4.46. The lowest BCUT2D eigenvalue weighted by molar-refractivity contribution is -0.140. The number of oxazole rings is 1. The van der Waals surface area contributed by atoms with Crippen LogP contribution >= 0.6 is 0 Å². The molecule has 11 heteroatoms. The standard InChI is InChI=1S/C21H22F3N3O5/c1-4-5-14-16-19(27-20(25-14)30-7-6-21(22,23)24)32-18(26-16)13-8-11(2)17(12(3)9-13)31-10-15(28)29/h8-9H,4-7,10H2,1-3H3,(H,28,29). The minimum absolute atomic E-state index is 0.113. The van der Waals surface area contributed by atoms with Crippen LogP contribution in [0.4, 0.5) is 13.2 Å². The van der Waals surface area contributed by atoms with Gasteiger partial charge in [-0.25, -0.2) is 9.78 Å². The Morgan fingerprint density at radius 3 is 2.41 bits per heavy atom. The number of alkyl halides is 3. The van der Waals surface area contributed by atoms with E-state index in [1.165, 1.54) is 0 Å². The first-order valence-corrected chi connectivity index (χ1v) is 9.90. The van der Waals surface area contributed by atoms with Crippen LogP contribution in [0.2, 0.25) is 0 Å². The summed E-state index contributed by atoms with van der Waals surface area (Å²) in [5.74, 6) is -0.378. The van der Waals surface area contributed by atoms with Gasteiger partial charge in [0.2, 0.25) is 5.89 Å². The van der Waals surface area contributed by atoms with Crippen molar-refractivity contribution >= 4 is 17.2 Å². The van der Waals surface area contributed by atoms with Crippen molar-refractivity contribution in [3.63, 3.8) is 0 Å². The van der Waals surface area contributed by atoms with E-state index in [0.29, 0.717) is 40.1 Å². The average molecular weight is 453 g/mol. The molecule has 1 aromatic carbocycles. The Kier molecular flexibility index (Phi) is 6.85. The molecule has 0 bridgehead atoms. The highest BCUT2D eigenvalue weighted by molar-refractivity contribution is 5.76. The number of rotatable bonds is 9. The van der Waals surface area contributed by atoms with Crippen LogP contribution in [-0.2, 0) is 11.2 Å². The normalized spacial score (nSPS) is 11.7. The Balaban J connectivity index is 1.94. The van der Waals surface area contributed by atoms with Crippen molar-refractivity contribution < 1.29 is 37.0 Å². The lowest BCUT2D eigenvalue weighted by Gasteiger charge is -2.11. The molecule has 0 aliphatic rings. The summed E-state index contributed by atoms with van der Waals surface area (Å²) in [6.07, 6.45) is -4.22. The van der Waals surface area contributed by atoms with Gasteiger partial charge in [0.15, 0.2) is 12.1 Å². The molecule has 0 unspecified atom stereocenters. The maximum Gasteiger partial charge on any atom is 0.392 e. The first-order valence-electron chi connectivity index (χ1n) is 9.90. The first kappa shape index (κ1) is 23.3. The Morgan fingerprint density at radius 1 is 1.12 bits per heavy atom. The summed E-state index contributed by atoms with van der Waals surface area (Å²) in [6.45, 7) is 4.41. The second-order valence-corrected chi connectivity index (χ2v) is 7.21. The molecule has 0 fully saturated rings. The third kappa shape index (κ3) is 5.65. The maximum atomic E-state index is 12.4. The maximum absolute atomic E-state index is 12.4. The van der Waals surface area contributed by atoms with Gasteiger partial charge in [0, 0.05) is 5.56 Å². The summed E-state index contributed by atoms with van der Waals surface area (Å²) >= 11 is 0. The molecule has 3 aromatic rings. The molecule has 0 atom stereocenters. The molecule has 0 saturated heterocycles. The van der Waals surface area contributed by atoms with E-state index in [9.17, 15) is 18.0 Å². The highest BCUT2D eigenvalue weighted by Gasteiger charge is 2.27. The van der Waals surface area contributed by atoms with Gasteiger partial charge in [-0.1, -0.05) is 13.3 Å². The molecule has 32 heavy (non-hydrogen) atoms. The SMILES string of the molecule is CCCc1nc(OCCC(F)(F)F)nc2oc(-c3cc(C)c(OCC(=O)O)c(C)c3)nc12. The molecular weight excluding hydrogens is 431 g/mol. The second kappa shape index (κ2) is 9.41. The van der Waals surface area contributed by atoms with E-state index in [1.807, 2.05) is 6.92 Å². The van der Waals surface area contributed by atoms with Gasteiger partial charge >= 0.3 is 18.2 Å². The lowest BCUT2D eigenvalue weighted by atomic mass is 10.1. The van der Waals surface area contributed by atoms with Crippen LogP contribution < -0.4 is 9.47 Å². The number of aryl methyl sites for hydroxylation is 3. The second-order valence-electron chi connectivity index (χ2n) is 7.21. The van der Waals surface area contributed by atoms with Crippen LogP contribution in [0.1, 0.15) is 36.6 Å². The molecule has 0 saturated carbocycles. The number of ether oxygens (including phenoxy) is 2. The fraction of sp³-hybridized carbons (Fsp3) is 0.429. The van der Waals surface area contributed by atoms with E-state index in [-0.39, 0.29) is 17.6 Å². The lowest BCUT2D eigenvalue weighted by Crippen LogP contribution is -2.14. The van der Waals surface area contributed by atoms with Crippen molar-refractivity contribution in [2.75, 3.05) is 13.2 Å². The van der Waals surface area contributed by atoms with Crippen LogP contribution in [0.3, 0.4) is 0 Å². The van der Waals surface area contributed by atoms with Crippen LogP contribution in [-0.4, -0.2) is 45.4 Å². The van der Waals surface area contributed by atoms with Gasteiger partial charge in [-0.3, -0.25) is 0 Å². The Morgan fingerprint density at radius 2 is 1.81 bits per heavy atom. The molecular formula is C21H22F3N3O5. The molecule has 172 valence electrons. The van der Waals surface area contributed by atoms with E-state index in [2.05, 4.69) is 15.0 Å². The Hall–Kier alpha value is -3.37. The number of carboxylic acid groups (broad SMARTS) is 1. The van der Waals surface area contributed by atoms with Crippen molar-refractivity contribution in [3.05, 3.63) is 29.0 Å². The van der Waals surface area contributed by atoms with Crippen molar-refractivity contribution in [3.8, 4) is 23.2 Å². The summed E-state index contributed by atoms with van der Waals surface area (Å²) in [5, 5.41) is 8.83. The number of benzene rings is 1. The molecule has 8 nitrogen and oxygen atoms in total. The summed E-state index contributed by atoms with van der Waals surface area (Å²) in [4.78, 5) is 23.6. The zero-order valence-electron chi connectivity index (χ0n) is 17.7. The highest BCUT2D eigenvalue weighted by Crippen LogP contribution is 2.32. The minimum Gasteiger partial charge on any atom is -0.481 e. The predicted octanol–water partition coefficient (Wildman–Crippen LogP) is 4.65. The van der Waals surface area contributed by atoms with Crippen LogP contribution in [0.15, 0.2) is 16.5 Å². The van der Waals surface area contributed by atoms with Gasteiger partial charge in [-0.2, -0.15) is 23.1 Å². The number of fused-ring (bicyclic) bond motifs is 1. The number of aromatic nitrogens is 3. The number of halogens is 3. The molecule has 0 aliphatic heterocycles. The van der Waals surface area contributed by atoms with E-state index in [0.717, 1.165) is 6.42 Å². The van der Waals surface area contributed by atoms with Crippen molar-refractivity contribution in [1.29, 1.82) is 0 Å². The molecule has 2 aromatic heterocycles. The molecule has 2 heterocycles. The molecule has 0 amide bonds. The number of nitrogens with zero attached hydrogens (tertiary/aromatic N) is 3. The van der Waals surface area contributed by atoms with Crippen molar-refractivity contribution in [1.82, 2.24) is 15.0 Å². The minimum atomic E-state index is -4.34. The Labute approximate surface area is 181 Å². The zero-order valence-corrected chi connectivity index (χ0v) is 17.7. The number of aliphatic carboxylic acids is 1. The third-order valence-corrected chi connectivity index (χ3v) is 4.46. The largest absolute Gasteiger partial charge is 0.481 e. The highest BCUT2D eigenvalue weighted by atomic mass is 19.4. The number of carboxylic acids is 1. The van der Waals surface area contributed by atoms with Gasteiger partial charge in [0.25, 0.3) is 5.71 Å². The number of carbonyl (C=O) groups is 1. The van der Waals surface area contributed by atoms with Gasteiger partial charge in [0.05, 0.1) is 12.1 Å². The number of hydrogen-bond donors (Lipinski definition) is 1.